The molecule has 0 radical (unpaired) electrons. The van der Waals surface area contributed by atoms with Gasteiger partial charge in [-0.3, -0.25) is 9.59 Å². The van der Waals surface area contributed by atoms with Crippen LogP contribution < -0.4 is 10.9 Å². The molecule has 0 aliphatic rings. The molecule has 0 saturated carbocycles. The van der Waals surface area contributed by atoms with Gasteiger partial charge >= 0.3 is 6.18 Å². The number of carbonyl (C=O) groups excluding carboxylic acids is 1. The number of benzene rings is 2. The lowest BCUT2D eigenvalue weighted by Crippen LogP contribution is -2.31. The highest BCUT2D eigenvalue weighted by molar-refractivity contribution is 5.92. The molecule has 0 spiro atoms. The Morgan fingerprint density at radius 2 is 1.78 bits per heavy atom. The Morgan fingerprint density at radius 3 is 2.46 bits per heavy atom. The summed E-state index contributed by atoms with van der Waals surface area (Å²) in [7, 11) is 3.25. The number of rotatable bonds is 6. The number of hydrogen-bond donors (Lipinski definition) is 1. The lowest BCUT2D eigenvalue weighted by molar-refractivity contribution is -0.137. The molecule has 4 rings (SSSR count). The molecule has 0 fully saturated rings. The highest BCUT2D eigenvalue weighted by Gasteiger charge is 2.30. The van der Waals surface area contributed by atoms with Crippen molar-refractivity contribution in [2.75, 3.05) is 19.4 Å². The van der Waals surface area contributed by atoms with Gasteiger partial charge in [-0.25, -0.2) is 9.97 Å². The smallest absolute Gasteiger partial charge is 0.363 e. The van der Waals surface area contributed by atoms with Crippen molar-refractivity contribution in [1.29, 1.82) is 0 Å². The summed E-state index contributed by atoms with van der Waals surface area (Å²) in [5.41, 5.74) is 1.47. The van der Waals surface area contributed by atoms with Crippen LogP contribution in [0.5, 0.6) is 0 Å². The first-order valence-corrected chi connectivity index (χ1v) is 11.6. The van der Waals surface area contributed by atoms with Crippen LogP contribution in [0.1, 0.15) is 29.9 Å². The predicted octanol–water partition coefficient (Wildman–Crippen LogP) is 5.05. The first kappa shape index (κ1) is 25.9. The molecule has 0 saturated heterocycles. The standard InChI is InChI=1S/C27H26F3N5O2/c1-16(18-6-5-7-21(12-18)27(28,29)30)31-26-22-13-19(8-9-23(22)32-17(2)33-26)20-10-11-35(24(36)14-20)15-25(37)34(3)4/h5-14,16H,15H2,1-4H3,(H,31,32,33)/t16-/m0/s1. The van der Waals surface area contributed by atoms with E-state index in [9.17, 15) is 22.8 Å². The van der Waals surface area contributed by atoms with E-state index in [0.29, 0.717) is 33.7 Å². The first-order chi connectivity index (χ1) is 17.4. The normalized spacial score (nSPS) is 12.4. The summed E-state index contributed by atoms with van der Waals surface area (Å²) >= 11 is 0. The van der Waals surface area contributed by atoms with Crippen LogP contribution in [0.25, 0.3) is 22.0 Å². The molecular formula is C27H26F3N5O2. The Kier molecular flexibility index (Phi) is 7.02. The van der Waals surface area contributed by atoms with E-state index >= 15 is 0 Å². The zero-order valence-electron chi connectivity index (χ0n) is 20.8. The summed E-state index contributed by atoms with van der Waals surface area (Å²) in [6.45, 7) is 3.44. The third-order valence-corrected chi connectivity index (χ3v) is 6.01. The highest BCUT2D eigenvalue weighted by Crippen LogP contribution is 2.33. The zero-order chi connectivity index (χ0) is 26.9. The molecule has 4 aromatic rings. The second kappa shape index (κ2) is 10.0. The minimum Gasteiger partial charge on any atom is -0.363 e. The van der Waals surface area contributed by atoms with Gasteiger partial charge in [-0.2, -0.15) is 13.2 Å². The van der Waals surface area contributed by atoms with Gasteiger partial charge in [0, 0.05) is 37.8 Å². The largest absolute Gasteiger partial charge is 0.416 e. The summed E-state index contributed by atoms with van der Waals surface area (Å²) in [5, 5.41) is 3.89. The maximum atomic E-state index is 13.2. The fraction of sp³-hybridized carbons (Fsp3) is 0.259. The van der Waals surface area contributed by atoms with Gasteiger partial charge < -0.3 is 14.8 Å². The number of amides is 1. The van der Waals surface area contributed by atoms with Crippen LogP contribution in [0.4, 0.5) is 19.0 Å². The van der Waals surface area contributed by atoms with Gasteiger partial charge in [-0.05, 0) is 60.9 Å². The average molecular weight is 510 g/mol. The monoisotopic (exact) mass is 509 g/mol. The average Bonchev–Trinajstić information content (AvgIpc) is 2.84. The van der Waals surface area contributed by atoms with Crippen molar-refractivity contribution < 1.29 is 18.0 Å². The number of carbonyl (C=O) groups is 1. The Balaban J connectivity index is 1.68. The molecule has 0 bridgehead atoms. The molecule has 1 N–H and O–H groups in total. The number of alkyl halides is 3. The number of fused-ring (bicyclic) bond motifs is 1. The molecule has 0 aliphatic heterocycles. The van der Waals surface area contributed by atoms with Gasteiger partial charge in [0.1, 0.15) is 18.2 Å². The Morgan fingerprint density at radius 1 is 1.05 bits per heavy atom. The van der Waals surface area contributed by atoms with E-state index in [-0.39, 0.29) is 18.0 Å². The predicted molar refractivity (Wildman–Crippen MR) is 136 cm³/mol. The third kappa shape index (κ3) is 5.79. The quantitative estimate of drug-likeness (QED) is 0.394. The number of nitrogens with one attached hydrogen (secondary N) is 1. The minimum atomic E-state index is -4.43. The Labute approximate surface area is 211 Å². The molecule has 0 unspecified atom stereocenters. The summed E-state index contributed by atoms with van der Waals surface area (Å²) < 4.78 is 40.9. The SMILES string of the molecule is Cc1nc(N[C@@H](C)c2cccc(C(F)(F)F)c2)c2cc(-c3ccn(CC(=O)N(C)C)c(=O)c3)ccc2n1. The highest BCUT2D eigenvalue weighted by atomic mass is 19.4. The molecule has 7 nitrogen and oxygen atoms in total. The van der Waals surface area contributed by atoms with Crippen LogP contribution in [0.15, 0.2) is 65.6 Å². The molecule has 10 heteroatoms. The van der Waals surface area contributed by atoms with Crippen molar-refractivity contribution in [3.05, 3.63) is 88.1 Å². The van der Waals surface area contributed by atoms with Crippen LogP contribution in [0.3, 0.4) is 0 Å². The number of pyridine rings is 1. The number of hydrogen-bond acceptors (Lipinski definition) is 5. The fourth-order valence-corrected chi connectivity index (χ4v) is 3.91. The van der Waals surface area contributed by atoms with Crippen molar-refractivity contribution in [2.45, 2.75) is 32.6 Å². The van der Waals surface area contributed by atoms with Crippen LogP contribution >= 0.6 is 0 Å². The van der Waals surface area contributed by atoms with E-state index in [4.69, 9.17) is 0 Å². The van der Waals surface area contributed by atoms with Crippen LogP contribution in [0, 0.1) is 6.92 Å². The molecule has 1 amide bonds. The van der Waals surface area contributed by atoms with Crippen molar-refractivity contribution in [1.82, 2.24) is 19.4 Å². The second-order valence-corrected chi connectivity index (χ2v) is 9.01. The maximum Gasteiger partial charge on any atom is 0.416 e. The van der Waals surface area contributed by atoms with Crippen LogP contribution in [-0.2, 0) is 17.5 Å². The van der Waals surface area contributed by atoms with Gasteiger partial charge in [0.25, 0.3) is 5.56 Å². The molecule has 37 heavy (non-hydrogen) atoms. The summed E-state index contributed by atoms with van der Waals surface area (Å²) in [6.07, 6.45) is -2.86. The summed E-state index contributed by atoms with van der Waals surface area (Å²) in [6, 6.07) is 13.4. The van der Waals surface area contributed by atoms with Gasteiger partial charge in [0.15, 0.2) is 0 Å². The molecule has 2 aromatic heterocycles. The topological polar surface area (TPSA) is 80.1 Å². The second-order valence-electron chi connectivity index (χ2n) is 9.01. The van der Waals surface area contributed by atoms with E-state index in [0.717, 1.165) is 17.7 Å². The maximum absolute atomic E-state index is 13.2. The molecular weight excluding hydrogens is 483 g/mol. The summed E-state index contributed by atoms with van der Waals surface area (Å²) in [4.78, 5) is 35.0. The minimum absolute atomic E-state index is 0.0571. The number of halogens is 3. The van der Waals surface area contributed by atoms with E-state index in [1.54, 1.807) is 52.3 Å². The van der Waals surface area contributed by atoms with E-state index < -0.39 is 17.8 Å². The van der Waals surface area contributed by atoms with Crippen LogP contribution in [-0.4, -0.2) is 39.4 Å². The van der Waals surface area contributed by atoms with Crippen molar-refractivity contribution in [3.63, 3.8) is 0 Å². The molecule has 192 valence electrons. The molecule has 1 atom stereocenters. The van der Waals surface area contributed by atoms with Gasteiger partial charge in [0.05, 0.1) is 11.1 Å². The molecule has 2 heterocycles. The molecule has 2 aromatic carbocycles. The van der Waals surface area contributed by atoms with Crippen molar-refractivity contribution in [2.24, 2.45) is 0 Å². The van der Waals surface area contributed by atoms with E-state index in [1.165, 1.54) is 21.6 Å². The lowest BCUT2D eigenvalue weighted by atomic mass is 10.0. The lowest BCUT2D eigenvalue weighted by Gasteiger charge is -2.18. The number of likely N-dealkylation sites (N-methyl/N-ethyl adjacent to an activating group) is 1. The molecule has 0 aliphatic carbocycles. The van der Waals surface area contributed by atoms with Gasteiger partial charge in [-0.1, -0.05) is 18.2 Å². The van der Waals surface area contributed by atoms with Gasteiger partial charge in [0.2, 0.25) is 5.91 Å². The van der Waals surface area contributed by atoms with E-state index in [1.807, 2.05) is 12.1 Å². The third-order valence-electron chi connectivity index (χ3n) is 6.01. The number of nitrogens with zero attached hydrogens (tertiary/aromatic N) is 4. The van der Waals surface area contributed by atoms with Crippen molar-refractivity contribution >= 4 is 22.6 Å². The van der Waals surface area contributed by atoms with Gasteiger partial charge in [-0.15, -0.1) is 0 Å². The van der Waals surface area contributed by atoms with E-state index in [2.05, 4.69) is 15.3 Å². The fourth-order valence-electron chi connectivity index (χ4n) is 3.91. The first-order valence-electron chi connectivity index (χ1n) is 11.6. The summed E-state index contributed by atoms with van der Waals surface area (Å²) in [5.74, 6) is 0.782. The number of aryl methyl sites for hydroxylation is 1. The Hall–Kier alpha value is -4.21. The number of aromatic nitrogens is 3. The van der Waals surface area contributed by atoms with Crippen molar-refractivity contribution in [3.8, 4) is 11.1 Å². The number of anilines is 1. The van der Waals surface area contributed by atoms with Crippen LogP contribution in [0.2, 0.25) is 0 Å². The zero-order valence-corrected chi connectivity index (χ0v) is 20.8. The Bertz CT molecular complexity index is 1530.